The first-order valence-corrected chi connectivity index (χ1v) is 9.11. The number of aryl methyl sites for hydroxylation is 1. The van der Waals surface area contributed by atoms with E-state index in [2.05, 4.69) is 26.1 Å². The van der Waals surface area contributed by atoms with Gasteiger partial charge in [0.15, 0.2) is 0 Å². The van der Waals surface area contributed by atoms with Gasteiger partial charge in [-0.25, -0.2) is 9.36 Å². The standard InChI is InChI=1S/C18H30N5O3/c1-17(2,3)14-19-18(4,12-26-14)15(24)21-8-10-22(11-9-21)16(25)23-7-6-20(5)13-23/h6-7,13-14,19H,8-12H2,1-5H3/q+1/t14-,18+/m1/s1. The van der Waals surface area contributed by atoms with Crippen LogP contribution in [0.1, 0.15) is 27.7 Å². The number of amides is 2. The van der Waals surface area contributed by atoms with Crippen molar-refractivity contribution >= 4 is 11.9 Å². The molecule has 2 aliphatic rings. The van der Waals surface area contributed by atoms with E-state index in [1.54, 1.807) is 22.0 Å². The van der Waals surface area contributed by atoms with E-state index in [-0.39, 0.29) is 23.6 Å². The van der Waals surface area contributed by atoms with Gasteiger partial charge in [0, 0.05) is 31.6 Å². The highest BCUT2D eigenvalue weighted by molar-refractivity contribution is 5.87. The van der Waals surface area contributed by atoms with Crippen molar-refractivity contribution in [3.05, 3.63) is 18.7 Å². The van der Waals surface area contributed by atoms with Crippen LogP contribution in [-0.2, 0) is 16.6 Å². The van der Waals surface area contributed by atoms with Crippen molar-refractivity contribution in [3.8, 4) is 0 Å². The smallest absolute Gasteiger partial charge is 0.360 e. The van der Waals surface area contributed by atoms with E-state index in [4.69, 9.17) is 4.74 Å². The maximum atomic E-state index is 13.0. The molecule has 0 spiro atoms. The van der Waals surface area contributed by atoms with Gasteiger partial charge in [0.05, 0.1) is 13.7 Å². The first-order valence-electron chi connectivity index (χ1n) is 9.11. The lowest BCUT2D eigenvalue weighted by molar-refractivity contribution is -0.670. The molecule has 1 aromatic rings. The van der Waals surface area contributed by atoms with E-state index < -0.39 is 5.54 Å². The molecule has 8 nitrogen and oxygen atoms in total. The first-order chi connectivity index (χ1) is 12.1. The number of piperazine rings is 1. The average Bonchev–Trinajstić information content (AvgIpc) is 3.20. The van der Waals surface area contributed by atoms with Gasteiger partial charge in [0.25, 0.3) is 6.33 Å². The zero-order valence-corrected chi connectivity index (χ0v) is 16.4. The second-order valence-corrected chi connectivity index (χ2v) is 8.58. The molecule has 0 unspecified atom stereocenters. The summed E-state index contributed by atoms with van der Waals surface area (Å²) in [6, 6.07) is -0.0565. The highest BCUT2D eigenvalue weighted by atomic mass is 16.5. The monoisotopic (exact) mass is 364 g/mol. The molecule has 0 saturated carbocycles. The molecular weight excluding hydrogens is 334 g/mol. The van der Waals surface area contributed by atoms with Crippen molar-refractivity contribution in [2.75, 3.05) is 32.8 Å². The minimum absolute atomic E-state index is 0.0451. The number of hydrogen-bond donors (Lipinski definition) is 1. The molecular formula is C18H30N5O3+. The Morgan fingerprint density at radius 2 is 1.81 bits per heavy atom. The largest absolute Gasteiger partial charge is 0.415 e. The lowest BCUT2D eigenvalue weighted by Gasteiger charge is -2.37. The summed E-state index contributed by atoms with van der Waals surface area (Å²) in [5.74, 6) is 0.0451. The molecule has 3 heterocycles. The van der Waals surface area contributed by atoms with Gasteiger partial charge >= 0.3 is 6.03 Å². The molecule has 144 valence electrons. The number of rotatable bonds is 1. The Balaban J connectivity index is 1.58. The van der Waals surface area contributed by atoms with Crippen molar-refractivity contribution in [1.29, 1.82) is 0 Å². The zero-order chi connectivity index (χ0) is 19.1. The molecule has 1 N–H and O–H groups in total. The Kier molecular flexibility index (Phi) is 4.83. The lowest BCUT2D eigenvalue weighted by Crippen LogP contribution is -2.61. The predicted molar refractivity (Wildman–Crippen MR) is 95.3 cm³/mol. The summed E-state index contributed by atoms with van der Waals surface area (Å²) in [7, 11) is 1.88. The van der Waals surface area contributed by atoms with Crippen LogP contribution in [0.25, 0.3) is 0 Å². The van der Waals surface area contributed by atoms with Gasteiger partial charge in [-0.2, -0.15) is 4.57 Å². The Bertz CT molecular complexity index is 687. The molecule has 2 fully saturated rings. The van der Waals surface area contributed by atoms with Gasteiger partial charge in [-0.15, -0.1) is 0 Å². The molecule has 2 saturated heterocycles. The SMILES string of the molecule is C[n+]1ccn(C(=O)N2CCN(C(=O)[C@]3(C)CO[C@H](C(C)(C)C)N3)CC2)c1. The number of imidazole rings is 1. The second kappa shape index (κ2) is 6.66. The van der Waals surface area contributed by atoms with Gasteiger partial charge in [0.2, 0.25) is 5.91 Å². The predicted octanol–water partition coefficient (Wildman–Crippen LogP) is 0.176. The van der Waals surface area contributed by atoms with E-state index in [9.17, 15) is 9.59 Å². The summed E-state index contributed by atoms with van der Waals surface area (Å²) >= 11 is 0. The Labute approximate surface area is 154 Å². The number of aromatic nitrogens is 2. The summed E-state index contributed by atoms with van der Waals surface area (Å²) in [4.78, 5) is 29.1. The Hall–Kier alpha value is -1.93. The van der Waals surface area contributed by atoms with Crippen LogP contribution in [-0.4, -0.2) is 70.9 Å². The molecule has 8 heteroatoms. The average molecular weight is 364 g/mol. The summed E-state index contributed by atoms with van der Waals surface area (Å²) in [5.41, 5.74) is -0.783. The van der Waals surface area contributed by atoms with Crippen LogP contribution in [0.5, 0.6) is 0 Å². The molecule has 2 aliphatic heterocycles. The highest BCUT2D eigenvalue weighted by Crippen LogP contribution is 2.29. The number of carbonyl (C=O) groups excluding carboxylic acids is 2. The minimum atomic E-state index is -0.710. The third-order valence-corrected chi connectivity index (χ3v) is 5.07. The van der Waals surface area contributed by atoms with Crippen molar-refractivity contribution in [2.45, 2.75) is 39.5 Å². The van der Waals surface area contributed by atoms with Gasteiger partial charge in [-0.3, -0.25) is 10.1 Å². The van der Waals surface area contributed by atoms with Crippen molar-refractivity contribution in [3.63, 3.8) is 0 Å². The fourth-order valence-corrected chi connectivity index (χ4v) is 3.39. The van der Waals surface area contributed by atoms with Crippen molar-refractivity contribution < 1.29 is 18.9 Å². The van der Waals surface area contributed by atoms with Crippen LogP contribution in [0.2, 0.25) is 0 Å². The summed E-state index contributed by atoms with van der Waals surface area (Å²) in [6.45, 7) is 10.7. The van der Waals surface area contributed by atoms with Crippen LogP contribution < -0.4 is 9.88 Å². The number of hydrogen-bond acceptors (Lipinski definition) is 4. The van der Waals surface area contributed by atoms with Crippen LogP contribution >= 0.6 is 0 Å². The van der Waals surface area contributed by atoms with E-state index in [1.165, 1.54) is 0 Å². The van der Waals surface area contributed by atoms with E-state index in [0.29, 0.717) is 32.8 Å². The minimum Gasteiger partial charge on any atom is -0.360 e. The number of ether oxygens (including phenoxy) is 1. The number of nitrogens with zero attached hydrogens (tertiary/aromatic N) is 4. The van der Waals surface area contributed by atoms with Gasteiger partial charge in [-0.05, 0) is 6.92 Å². The van der Waals surface area contributed by atoms with E-state index in [1.807, 2.05) is 29.6 Å². The Morgan fingerprint density at radius 1 is 1.19 bits per heavy atom. The number of carbonyl (C=O) groups is 2. The van der Waals surface area contributed by atoms with Crippen molar-refractivity contribution in [1.82, 2.24) is 19.7 Å². The lowest BCUT2D eigenvalue weighted by atomic mass is 9.93. The Morgan fingerprint density at radius 3 is 2.31 bits per heavy atom. The molecule has 0 radical (unpaired) electrons. The van der Waals surface area contributed by atoms with Gasteiger partial charge in [-0.1, -0.05) is 20.8 Å². The fraction of sp³-hybridized carbons (Fsp3) is 0.722. The molecule has 0 aliphatic carbocycles. The maximum Gasteiger partial charge on any atom is 0.415 e. The molecule has 3 rings (SSSR count). The summed E-state index contributed by atoms with van der Waals surface area (Å²) < 4.78 is 9.23. The van der Waals surface area contributed by atoms with Crippen LogP contribution in [0.3, 0.4) is 0 Å². The molecule has 26 heavy (non-hydrogen) atoms. The maximum absolute atomic E-state index is 13.0. The topological polar surface area (TPSA) is 70.7 Å². The fourth-order valence-electron chi connectivity index (χ4n) is 3.39. The molecule has 1 aromatic heterocycles. The van der Waals surface area contributed by atoms with E-state index in [0.717, 1.165) is 0 Å². The highest BCUT2D eigenvalue weighted by Gasteiger charge is 2.47. The van der Waals surface area contributed by atoms with Crippen LogP contribution in [0, 0.1) is 5.41 Å². The third-order valence-electron chi connectivity index (χ3n) is 5.07. The number of nitrogens with one attached hydrogen (secondary N) is 1. The molecule has 2 amide bonds. The van der Waals surface area contributed by atoms with Crippen LogP contribution in [0.4, 0.5) is 4.79 Å². The molecule has 2 atom stereocenters. The molecule has 0 aromatic carbocycles. The van der Waals surface area contributed by atoms with Crippen molar-refractivity contribution in [2.24, 2.45) is 12.5 Å². The zero-order valence-electron chi connectivity index (χ0n) is 16.4. The quantitative estimate of drug-likeness (QED) is 0.722. The molecule has 0 bridgehead atoms. The first kappa shape index (κ1) is 18.8. The third kappa shape index (κ3) is 3.61. The van der Waals surface area contributed by atoms with Crippen LogP contribution in [0.15, 0.2) is 18.7 Å². The van der Waals surface area contributed by atoms with Gasteiger partial charge < -0.3 is 14.5 Å². The van der Waals surface area contributed by atoms with E-state index >= 15 is 0 Å². The summed E-state index contributed by atoms with van der Waals surface area (Å²) in [6.07, 6.45) is 5.17. The second-order valence-electron chi connectivity index (χ2n) is 8.58. The summed E-state index contributed by atoms with van der Waals surface area (Å²) in [5, 5.41) is 3.37. The normalized spacial score (nSPS) is 27.0. The van der Waals surface area contributed by atoms with Gasteiger partial charge in [0.1, 0.15) is 24.2 Å².